The average Bonchev–Trinajstić information content (AvgIpc) is 2.17. The summed E-state index contributed by atoms with van der Waals surface area (Å²) >= 11 is 0. The van der Waals surface area contributed by atoms with E-state index in [1.54, 1.807) is 24.3 Å². The minimum atomic E-state index is -3.31. The molecule has 0 unspecified atom stereocenters. The van der Waals surface area contributed by atoms with E-state index < -0.39 is 15.7 Å². The third-order valence-corrected chi connectivity index (χ3v) is 3.39. The maximum Gasteiger partial charge on any atom is 0.176 e. The van der Waals surface area contributed by atoms with Crippen molar-refractivity contribution in [2.75, 3.05) is 6.26 Å². The average molecular weight is 224 g/mol. The molecule has 2 rings (SSSR count). The zero-order valence-corrected chi connectivity index (χ0v) is 8.88. The van der Waals surface area contributed by atoms with Gasteiger partial charge in [-0.05, 0) is 12.1 Å². The van der Waals surface area contributed by atoms with Gasteiger partial charge in [-0.25, -0.2) is 12.8 Å². The van der Waals surface area contributed by atoms with Crippen LogP contribution in [0.15, 0.2) is 41.3 Å². The summed E-state index contributed by atoms with van der Waals surface area (Å²) in [4.78, 5) is 0.166. The van der Waals surface area contributed by atoms with Crippen molar-refractivity contribution in [3.63, 3.8) is 0 Å². The van der Waals surface area contributed by atoms with E-state index in [1.807, 2.05) is 0 Å². The lowest BCUT2D eigenvalue weighted by molar-refractivity contribution is 0.602. The molecule has 0 aliphatic rings. The van der Waals surface area contributed by atoms with Crippen LogP contribution < -0.4 is 0 Å². The highest BCUT2D eigenvalue weighted by Gasteiger charge is 2.13. The Morgan fingerprint density at radius 2 is 1.60 bits per heavy atom. The number of benzene rings is 2. The lowest BCUT2D eigenvalue weighted by Crippen LogP contribution is -1.98. The largest absolute Gasteiger partial charge is 0.224 e. The maximum absolute atomic E-state index is 13.4. The molecule has 0 aliphatic heterocycles. The van der Waals surface area contributed by atoms with E-state index in [1.165, 1.54) is 12.1 Å². The van der Waals surface area contributed by atoms with E-state index in [4.69, 9.17) is 0 Å². The van der Waals surface area contributed by atoms with Crippen molar-refractivity contribution in [2.45, 2.75) is 4.90 Å². The molecule has 0 bridgehead atoms. The van der Waals surface area contributed by atoms with Crippen LogP contribution in [0.1, 0.15) is 0 Å². The van der Waals surface area contributed by atoms with Gasteiger partial charge in [0.15, 0.2) is 9.84 Å². The molecule has 0 radical (unpaired) electrons. The Kier molecular flexibility index (Phi) is 2.23. The summed E-state index contributed by atoms with van der Waals surface area (Å²) in [6.45, 7) is 0. The predicted molar refractivity (Wildman–Crippen MR) is 57.0 cm³/mol. The van der Waals surface area contributed by atoms with E-state index in [-0.39, 0.29) is 4.90 Å². The topological polar surface area (TPSA) is 34.1 Å². The monoisotopic (exact) mass is 224 g/mol. The van der Waals surface area contributed by atoms with Crippen LogP contribution in [0.25, 0.3) is 10.8 Å². The van der Waals surface area contributed by atoms with Crippen LogP contribution >= 0.6 is 0 Å². The molecule has 0 saturated carbocycles. The van der Waals surface area contributed by atoms with Crippen molar-refractivity contribution in [3.8, 4) is 0 Å². The van der Waals surface area contributed by atoms with Crippen LogP contribution in [0.2, 0.25) is 0 Å². The number of halogens is 1. The second-order valence-electron chi connectivity index (χ2n) is 3.36. The third kappa shape index (κ3) is 1.72. The van der Waals surface area contributed by atoms with E-state index in [0.29, 0.717) is 10.8 Å². The SMILES string of the molecule is CS(=O)(=O)c1ccc(F)c2ccccc12. The molecule has 2 aromatic carbocycles. The van der Waals surface area contributed by atoms with Crippen LogP contribution in [0.4, 0.5) is 4.39 Å². The van der Waals surface area contributed by atoms with Crippen LogP contribution in [-0.4, -0.2) is 14.7 Å². The van der Waals surface area contributed by atoms with E-state index >= 15 is 0 Å². The fraction of sp³-hybridized carbons (Fsp3) is 0.0909. The van der Waals surface area contributed by atoms with E-state index in [9.17, 15) is 12.8 Å². The molecule has 2 aromatic rings. The first-order valence-corrected chi connectivity index (χ1v) is 6.26. The molecule has 0 N–H and O–H groups in total. The Morgan fingerprint density at radius 1 is 1.00 bits per heavy atom. The Morgan fingerprint density at radius 3 is 2.20 bits per heavy atom. The zero-order chi connectivity index (χ0) is 11.1. The van der Waals surface area contributed by atoms with Gasteiger partial charge in [0.1, 0.15) is 5.82 Å². The second-order valence-corrected chi connectivity index (χ2v) is 5.35. The summed E-state index contributed by atoms with van der Waals surface area (Å²) in [5, 5.41) is 0.764. The standard InChI is InChI=1S/C11H9FO2S/c1-15(13,14)11-7-6-10(12)8-4-2-3-5-9(8)11/h2-7H,1H3. The molecule has 0 amide bonds. The lowest BCUT2D eigenvalue weighted by atomic mass is 10.1. The highest BCUT2D eigenvalue weighted by molar-refractivity contribution is 7.91. The van der Waals surface area contributed by atoms with Crippen molar-refractivity contribution >= 4 is 20.6 Å². The smallest absolute Gasteiger partial charge is 0.176 e. The van der Waals surface area contributed by atoms with Gasteiger partial charge in [0.05, 0.1) is 4.90 Å². The van der Waals surface area contributed by atoms with Crippen LogP contribution in [0.3, 0.4) is 0 Å². The highest BCUT2D eigenvalue weighted by atomic mass is 32.2. The Labute approximate surface area is 87.3 Å². The molecule has 0 fully saturated rings. The third-order valence-electron chi connectivity index (χ3n) is 2.23. The summed E-state index contributed by atoms with van der Waals surface area (Å²) in [6, 6.07) is 9.02. The molecule has 4 heteroatoms. The maximum atomic E-state index is 13.4. The lowest BCUT2D eigenvalue weighted by Gasteiger charge is -2.04. The van der Waals surface area contributed by atoms with Crippen LogP contribution in [-0.2, 0) is 9.84 Å². The quantitative estimate of drug-likeness (QED) is 0.697. The molecular weight excluding hydrogens is 215 g/mol. The molecule has 0 heterocycles. The second kappa shape index (κ2) is 3.31. The van der Waals surface area contributed by atoms with Crippen molar-refractivity contribution < 1.29 is 12.8 Å². The van der Waals surface area contributed by atoms with Gasteiger partial charge in [-0.15, -0.1) is 0 Å². The van der Waals surface area contributed by atoms with Crippen molar-refractivity contribution in [3.05, 3.63) is 42.2 Å². The predicted octanol–water partition coefficient (Wildman–Crippen LogP) is 2.38. The normalized spacial score (nSPS) is 11.9. The minimum absolute atomic E-state index is 0.166. The van der Waals surface area contributed by atoms with Crippen LogP contribution in [0, 0.1) is 5.82 Å². The van der Waals surface area contributed by atoms with Gasteiger partial charge in [-0.1, -0.05) is 24.3 Å². The van der Waals surface area contributed by atoms with Gasteiger partial charge >= 0.3 is 0 Å². The molecule has 0 aromatic heterocycles. The number of sulfone groups is 1. The fourth-order valence-corrected chi connectivity index (χ4v) is 2.45. The van der Waals surface area contributed by atoms with Gasteiger partial charge in [0.25, 0.3) is 0 Å². The van der Waals surface area contributed by atoms with Gasteiger partial charge in [0, 0.05) is 17.0 Å². The first kappa shape index (κ1) is 10.1. The molecule has 0 spiro atoms. The minimum Gasteiger partial charge on any atom is -0.224 e. The Balaban J connectivity index is 2.96. The fourth-order valence-electron chi connectivity index (χ4n) is 1.56. The number of hydrogen-bond acceptors (Lipinski definition) is 2. The molecule has 0 atom stereocenters. The van der Waals surface area contributed by atoms with Crippen LogP contribution in [0.5, 0.6) is 0 Å². The summed E-state index contributed by atoms with van der Waals surface area (Å²) in [5.41, 5.74) is 0. The van der Waals surface area contributed by atoms with Gasteiger partial charge in [-0.3, -0.25) is 0 Å². The van der Waals surface area contributed by atoms with Crippen molar-refractivity contribution in [1.29, 1.82) is 0 Å². The first-order valence-electron chi connectivity index (χ1n) is 4.37. The Bertz CT molecular complexity index is 618. The molecule has 0 aliphatic carbocycles. The molecule has 2 nitrogen and oxygen atoms in total. The molecule has 15 heavy (non-hydrogen) atoms. The van der Waals surface area contributed by atoms with E-state index in [0.717, 1.165) is 6.26 Å². The molecule has 0 saturated heterocycles. The van der Waals surface area contributed by atoms with Crippen molar-refractivity contribution in [1.82, 2.24) is 0 Å². The van der Waals surface area contributed by atoms with Gasteiger partial charge < -0.3 is 0 Å². The summed E-state index contributed by atoms with van der Waals surface area (Å²) in [6.07, 6.45) is 1.12. The van der Waals surface area contributed by atoms with Crippen molar-refractivity contribution in [2.24, 2.45) is 0 Å². The van der Waals surface area contributed by atoms with Gasteiger partial charge in [-0.2, -0.15) is 0 Å². The summed E-state index contributed by atoms with van der Waals surface area (Å²) < 4.78 is 36.2. The zero-order valence-electron chi connectivity index (χ0n) is 8.07. The first-order chi connectivity index (χ1) is 7.00. The number of hydrogen-bond donors (Lipinski definition) is 0. The summed E-state index contributed by atoms with van der Waals surface area (Å²) in [7, 11) is -3.31. The Hall–Kier alpha value is -1.42. The highest BCUT2D eigenvalue weighted by Crippen LogP contribution is 2.24. The molecular formula is C11H9FO2S. The number of rotatable bonds is 1. The molecule has 78 valence electrons. The van der Waals surface area contributed by atoms with E-state index in [2.05, 4.69) is 0 Å². The number of fused-ring (bicyclic) bond motifs is 1. The van der Waals surface area contributed by atoms with Gasteiger partial charge in [0.2, 0.25) is 0 Å². The summed E-state index contributed by atoms with van der Waals surface area (Å²) in [5.74, 6) is -0.405.